The fraction of sp³-hybridized carbons (Fsp3) is 0.0625. The number of phenols is 1. The van der Waals surface area contributed by atoms with Crippen LogP contribution in [0.5, 0.6) is 5.75 Å². The Morgan fingerprint density at radius 3 is 2.04 bits per heavy atom. The first-order valence-corrected chi connectivity index (χ1v) is 7.10. The number of nitro groups is 2. The molecule has 0 atom stereocenters. The lowest BCUT2D eigenvalue weighted by Gasteiger charge is -1.99. The van der Waals surface area contributed by atoms with Crippen molar-refractivity contribution in [1.29, 1.82) is 5.26 Å². The van der Waals surface area contributed by atoms with Crippen molar-refractivity contribution in [2.75, 3.05) is 7.11 Å². The van der Waals surface area contributed by atoms with Gasteiger partial charge in [-0.3, -0.25) is 20.2 Å². The molecule has 0 aliphatic carbocycles. The van der Waals surface area contributed by atoms with E-state index in [0.717, 1.165) is 30.3 Å². The highest BCUT2D eigenvalue weighted by molar-refractivity contribution is 5.90. The molecule has 0 aliphatic heterocycles. The molecule has 0 aromatic heterocycles. The number of carboxylic acid groups (broad SMARTS) is 1. The third kappa shape index (κ3) is 5.23. The van der Waals surface area contributed by atoms with Gasteiger partial charge in [-0.15, -0.1) is 0 Å². The first-order chi connectivity index (χ1) is 13.1. The standard InChI is InChI=1S/C8H4N2O4.C8H7NO5/c9-4-6-2-1-5(8(11)12)3-7(6)10(13)14;1-14-8(11)5-2-3-7(10)6(4-5)9(12)13/h1-3H,(H,11,12);2-4,10H,1H3. The van der Waals surface area contributed by atoms with E-state index in [4.69, 9.17) is 15.5 Å². The summed E-state index contributed by atoms with van der Waals surface area (Å²) < 4.78 is 4.37. The molecule has 12 heteroatoms. The molecule has 0 aliphatic rings. The van der Waals surface area contributed by atoms with Crippen molar-refractivity contribution in [1.82, 2.24) is 0 Å². The number of phenolic OH excluding ortho intramolecular Hbond substituents is 1. The monoisotopic (exact) mass is 389 g/mol. The van der Waals surface area contributed by atoms with Crippen LogP contribution in [0.1, 0.15) is 26.3 Å². The van der Waals surface area contributed by atoms with E-state index < -0.39 is 38.9 Å². The molecule has 0 spiro atoms. The van der Waals surface area contributed by atoms with E-state index in [1.165, 1.54) is 13.2 Å². The number of nitriles is 1. The van der Waals surface area contributed by atoms with E-state index >= 15 is 0 Å². The number of esters is 1. The third-order valence-corrected chi connectivity index (χ3v) is 3.16. The Bertz CT molecular complexity index is 995. The number of methoxy groups -OCH3 is 1. The van der Waals surface area contributed by atoms with Gasteiger partial charge < -0.3 is 14.9 Å². The van der Waals surface area contributed by atoms with Gasteiger partial charge in [0.25, 0.3) is 5.69 Å². The molecule has 28 heavy (non-hydrogen) atoms. The van der Waals surface area contributed by atoms with Crippen molar-refractivity contribution in [3.63, 3.8) is 0 Å². The Labute approximate surface area is 156 Å². The molecule has 144 valence electrons. The summed E-state index contributed by atoms with van der Waals surface area (Å²) in [7, 11) is 1.17. The van der Waals surface area contributed by atoms with Crippen LogP contribution < -0.4 is 0 Å². The second kappa shape index (κ2) is 9.25. The highest BCUT2D eigenvalue weighted by Gasteiger charge is 2.17. The lowest BCUT2D eigenvalue weighted by Crippen LogP contribution is -2.01. The predicted molar refractivity (Wildman–Crippen MR) is 90.9 cm³/mol. The Kier molecular flexibility index (Phi) is 7.10. The summed E-state index contributed by atoms with van der Waals surface area (Å²) in [5, 5.41) is 46.9. The van der Waals surface area contributed by atoms with Gasteiger partial charge in [-0.1, -0.05) is 0 Å². The molecule has 0 saturated heterocycles. The van der Waals surface area contributed by atoms with Crippen LogP contribution in [0.4, 0.5) is 11.4 Å². The van der Waals surface area contributed by atoms with Gasteiger partial charge in [-0.05, 0) is 24.3 Å². The molecular formula is C16H11N3O9. The number of carbonyl (C=O) groups excluding carboxylic acids is 1. The van der Waals surface area contributed by atoms with Gasteiger partial charge in [0.05, 0.1) is 28.1 Å². The number of aromatic carboxylic acids is 1. The fourth-order valence-electron chi connectivity index (χ4n) is 1.82. The average molecular weight is 389 g/mol. The van der Waals surface area contributed by atoms with Gasteiger partial charge in [-0.2, -0.15) is 5.26 Å². The number of nitro benzene ring substituents is 2. The summed E-state index contributed by atoms with van der Waals surface area (Å²) in [6, 6.07) is 8.01. The molecule has 12 nitrogen and oxygen atoms in total. The molecular weight excluding hydrogens is 378 g/mol. The SMILES string of the molecule is COC(=O)c1ccc(O)c([N+](=O)[O-])c1.N#Cc1ccc(C(=O)O)cc1[N+](=O)[O-]. The topological polar surface area (TPSA) is 194 Å². The van der Waals surface area contributed by atoms with Gasteiger partial charge in [0.1, 0.15) is 11.6 Å². The summed E-state index contributed by atoms with van der Waals surface area (Å²) >= 11 is 0. The van der Waals surface area contributed by atoms with Crippen molar-refractivity contribution in [3.05, 3.63) is 73.3 Å². The highest BCUT2D eigenvalue weighted by atomic mass is 16.6. The zero-order valence-corrected chi connectivity index (χ0v) is 14.1. The molecule has 2 N–H and O–H groups in total. The van der Waals surface area contributed by atoms with E-state index in [2.05, 4.69) is 4.74 Å². The molecule has 0 unspecified atom stereocenters. The van der Waals surface area contributed by atoms with E-state index in [1.807, 2.05) is 0 Å². The number of hydrogen-bond acceptors (Lipinski definition) is 9. The number of nitrogens with zero attached hydrogens (tertiary/aromatic N) is 3. The maximum absolute atomic E-state index is 11.0. The van der Waals surface area contributed by atoms with Crippen molar-refractivity contribution in [2.45, 2.75) is 0 Å². The van der Waals surface area contributed by atoms with E-state index in [0.29, 0.717) is 0 Å². The average Bonchev–Trinajstić information content (AvgIpc) is 2.67. The lowest BCUT2D eigenvalue weighted by atomic mass is 10.1. The molecule has 0 saturated carbocycles. The Hall–Kier alpha value is -4.53. The van der Waals surface area contributed by atoms with Crippen LogP contribution >= 0.6 is 0 Å². The van der Waals surface area contributed by atoms with Crippen LogP contribution in [0.3, 0.4) is 0 Å². The number of benzene rings is 2. The largest absolute Gasteiger partial charge is 0.502 e. The number of rotatable bonds is 4. The number of ether oxygens (including phenoxy) is 1. The van der Waals surface area contributed by atoms with Crippen LogP contribution in [0, 0.1) is 31.6 Å². The zero-order valence-electron chi connectivity index (χ0n) is 14.1. The molecule has 0 amide bonds. The van der Waals surface area contributed by atoms with Crippen molar-refractivity contribution >= 4 is 23.3 Å². The minimum absolute atomic E-state index is 0.0250. The summed E-state index contributed by atoms with van der Waals surface area (Å²) in [4.78, 5) is 40.7. The maximum atomic E-state index is 11.0. The number of aromatic hydroxyl groups is 1. The van der Waals surface area contributed by atoms with Gasteiger partial charge >= 0.3 is 17.6 Å². The van der Waals surface area contributed by atoms with Crippen LogP contribution in [0.2, 0.25) is 0 Å². The molecule has 0 bridgehead atoms. The van der Waals surface area contributed by atoms with Gasteiger partial charge in [0.2, 0.25) is 0 Å². The lowest BCUT2D eigenvalue weighted by molar-refractivity contribution is -0.385. The first kappa shape index (κ1) is 21.5. The minimum atomic E-state index is -1.27. The molecule has 2 aromatic rings. The quantitative estimate of drug-likeness (QED) is 0.444. The van der Waals surface area contributed by atoms with Crippen molar-refractivity contribution in [3.8, 4) is 11.8 Å². The van der Waals surface area contributed by atoms with Crippen molar-refractivity contribution in [2.24, 2.45) is 0 Å². The summed E-state index contributed by atoms with van der Waals surface area (Å²) in [5.74, 6) is -2.44. The molecule has 0 fully saturated rings. The Balaban J connectivity index is 0.000000280. The minimum Gasteiger partial charge on any atom is -0.502 e. The Morgan fingerprint density at radius 2 is 1.57 bits per heavy atom. The summed E-state index contributed by atoms with van der Waals surface area (Å²) in [6.45, 7) is 0. The first-order valence-electron chi connectivity index (χ1n) is 7.10. The van der Waals surface area contributed by atoms with E-state index in [1.54, 1.807) is 6.07 Å². The smallest absolute Gasteiger partial charge is 0.338 e. The maximum Gasteiger partial charge on any atom is 0.338 e. The molecule has 0 heterocycles. The number of carbonyl (C=O) groups is 2. The van der Waals surface area contributed by atoms with Gasteiger partial charge in [-0.25, -0.2) is 9.59 Å². The normalized spacial score (nSPS) is 9.29. The van der Waals surface area contributed by atoms with E-state index in [-0.39, 0.29) is 16.7 Å². The van der Waals surface area contributed by atoms with E-state index in [9.17, 15) is 29.8 Å². The summed E-state index contributed by atoms with van der Waals surface area (Å²) in [5.41, 5.74) is -1.35. The molecule has 2 rings (SSSR count). The molecule has 0 radical (unpaired) electrons. The van der Waals surface area contributed by atoms with Gasteiger partial charge in [0.15, 0.2) is 5.75 Å². The number of carboxylic acids is 1. The number of hydrogen-bond donors (Lipinski definition) is 2. The second-order valence-corrected chi connectivity index (χ2v) is 4.86. The fourth-order valence-corrected chi connectivity index (χ4v) is 1.82. The second-order valence-electron chi connectivity index (χ2n) is 4.86. The van der Waals surface area contributed by atoms with Crippen LogP contribution in [0.25, 0.3) is 0 Å². The van der Waals surface area contributed by atoms with Crippen LogP contribution in [0.15, 0.2) is 36.4 Å². The summed E-state index contributed by atoms with van der Waals surface area (Å²) in [6.07, 6.45) is 0. The zero-order chi connectivity index (χ0) is 21.4. The van der Waals surface area contributed by atoms with Crippen LogP contribution in [-0.2, 0) is 4.74 Å². The third-order valence-electron chi connectivity index (χ3n) is 3.16. The highest BCUT2D eigenvalue weighted by Crippen LogP contribution is 2.26. The Morgan fingerprint density at radius 1 is 1.04 bits per heavy atom. The van der Waals surface area contributed by atoms with Crippen molar-refractivity contribution < 1.29 is 34.4 Å². The predicted octanol–water partition coefficient (Wildman–Crippen LogP) is 2.25. The van der Waals surface area contributed by atoms with Gasteiger partial charge in [0, 0.05) is 12.1 Å². The van der Waals surface area contributed by atoms with Crippen LogP contribution in [-0.4, -0.2) is 39.1 Å². The molecule has 2 aromatic carbocycles.